The number of aliphatic carboxylic acids is 1. The van der Waals surface area contributed by atoms with E-state index in [1.165, 1.54) is 0 Å². The second kappa shape index (κ2) is 4.21. The fourth-order valence-corrected chi connectivity index (χ4v) is 2.99. The first-order chi connectivity index (χ1) is 9.06. The van der Waals surface area contributed by atoms with Gasteiger partial charge in [0.05, 0.1) is 6.33 Å². The van der Waals surface area contributed by atoms with E-state index in [0.717, 1.165) is 24.4 Å². The number of carboxylic acids is 1. The Bertz CT molecular complexity index is 503. The topological polar surface area (TPSA) is 81.7 Å². The molecule has 2 atom stereocenters. The summed E-state index contributed by atoms with van der Waals surface area (Å²) in [5.74, 6) is -0.289. The van der Waals surface area contributed by atoms with Crippen molar-refractivity contribution >= 4 is 11.8 Å². The Balaban J connectivity index is 1.70. The standard InChI is InChI=1S/C12H18N4O3/c1-15-10-9(13-7-14-10)11-16(2)12(15,19-11)6-4-3-5-8(17)18/h7,11H,3-6H2,1-2H3,(H,13,14)(H,17,18). The van der Waals surface area contributed by atoms with Gasteiger partial charge < -0.3 is 19.7 Å². The third-order valence-electron chi connectivity index (χ3n) is 4.08. The summed E-state index contributed by atoms with van der Waals surface area (Å²) in [5, 5.41) is 8.66. The molecule has 0 aromatic carbocycles. The summed E-state index contributed by atoms with van der Waals surface area (Å²) < 4.78 is 6.01. The van der Waals surface area contributed by atoms with E-state index in [9.17, 15) is 4.79 Å². The van der Waals surface area contributed by atoms with Crippen LogP contribution in [0.3, 0.4) is 0 Å². The number of H-pyrrole nitrogens is 1. The summed E-state index contributed by atoms with van der Waals surface area (Å²) in [4.78, 5) is 22.2. The number of nitrogens with one attached hydrogen (secondary N) is 1. The number of ether oxygens (including phenoxy) is 1. The number of hydrogen-bond acceptors (Lipinski definition) is 5. The normalized spacial score (nSPS) is 28.9. The zero-order valence-electron chi connectivity index (χ0n) is 11.1. The van der Waals surface area contributed by atoms with Gasteiger partial charge in [-0.15, -0.1) is 0 Å². The van der Waals surface area contributed by atoms with Crippen molar-refractivity contribution in [2.75, 3.05) is 19.0 Å². The average Bonchev–Trinajstić information content (AvgIpc) is 2.85. The number of hydrogen-bond donors (Lipinski definition) is 2. The molecule has 0 spiro atoms. The molecule has 2 unspecified atom stereocenters. The number of aromatic amines is 1. The van der Waals surface area contributed by atoms with Crippen LogP contribution in [0.25, 0.3) is 0 Å². The number of unbranched alkanes of at least 4 members (excludes halogenated alkanes) is 1. The quantitative estimate of drug-likeness (QED) is 0.777. The number of carbonyl (C=O) groups is 1. The van der Waals surface area contributed by atoms with Crippen LogP contribution in [0.5, 0.6) is 0 Å². The van der Waals surface area contributed by atoms with Crippen LogP contribution in [-0.4, -0.2) is 45.9 Å². The van der Waals surface area contributed by atoms with E-state index >= 15 is 0 Å². The van der Waals surface area contributed by atoms with Crippen molar-refractivity contribution in [2.24, 2.45) is 0 Å². The molecule has 4 heterocycles. The smallest absolute Gasteiger partial charge is 0.303 e. The first-order valence-electron chi connectivity index (χ1n) is 6.46. The molecule has 3 aliphatic rings. The molecule has 3 aliphatic heterocycles. The Labute approximate surface area is 111 Å². The fraction of sp³-hybridized carbons (Fsp3) is 0.667. The van der Waals surface area contributed by atoms with Crippen LogP contribution in [0, 0.1) is 0 Å². The lowest BCUT2D eigenvalue weighted by atomic mass is 10.0. The van der Waals surface area contributed by atoms with E-state index < -0.39 is 11.8 Å². The van der Waals surface area contributed by atoms with Crippen LogP contribution in [0.2, 0.25) is 0 Å². The Morgan fingerprint density at radius 2 is 2.37 bits per heavy atom. The highest BCUT2D eigenvalue weighted by molar-refractivity contribution is 5.66. The van der Waals surface area contributed by atoms with E-state index in [-0.39, 0.29) is 12.6 Å². The maximum absolute atomic E-state index is 10.5. The van der Waals surface area contributed by atoms with Crippen molar-refractivity contribution in [2.45, 2.75) is 37.8 Å². The largest absolute Gasteiger partial charge is 0.481 e. The van der Waals surface area contributed by atoms with Gasteiger partial charge in [-0.25, -0.2) is 9.88 Å². The Kier molecular flexibility index (Phi) is 2.75. The van der Waals surface area contributed by atoms with Crippen LogP contribution in [0.1, 0.15) is 37.6 Å². The van der Waals surface area contributed by atoms with Gasteiger partial charge in [0, 0.05) is 19.9 Å². The van der Waals surface area contributed by atoms with E-state index in [0.29, 0.717) is 6.42 Å². The molecule has 104 valence electrons. The first kappa shape index (κ1) is 12.4. The minimum absolute atomic E-state index is 0.0619. The highest BCUT2D eigenvalue weighted by Crippen LogP contribution is 2.53. The van der Waals surface area contributed by atoms with Crippen LogP contribution in [0.4, 0.5) is 5.82 Å². The Morgan fingerprint density at radius 1 is 1.58 bits per heavy atom. The van der Waals surface area contributed by atoms with Crippen molar-refractivity contribution in [3.8, 4) is 0 Å². The molecular formula is C12H18N4O3. The van der Waals surface area contributed by atoms with Gasteiger partial charge in [-0.2, -0.15) is 0 Å². The van der Waals surface area contributed by atoms with E-state index in [2.05, 4.69) is 14.9 Å². The van der Waals surface area contributed by atoms with Crippen molar-refractivity contribution in [1.29, 1.82) is 0 Å². The lowest BCUT2D eigenvalue weighted by Crippen LogP contribution is -2.73. The van der Waals surface area contributed by atoms with Crippen LogP contribution in [0.15, 0.2) is 6.33 Å². The molecule has 2 bridgehead atoms. The maximum Gasteiger partial charge on any atom is 0.303 e. The maximum atomic E-state index is 10.5. The zero-order chi connectivity index (χ0) is 13.6. The molecule has 2 N–H and O–H groups in total. The molecule has 1 saturated heterocycles. The highest BCUT2D eigenvalue weighted by Gasteiger charge is 2.60. The Hall–Kier alpha value is -1.60. The summed E-state index contributed by atoms with van der Waals surface area (Å²) in [5.41, 5.74) is 0.984. The Morgan fingerprint density at radius 3 is 3.05 bits per heavy atom. The van der Waals surface area contributed by atoms with Gasteiger partial charge in [-0.1, -0.05) is 0 Å². The molecule has 1 fully saturated rings. The number of imidazole rings is 1. The lowest BCUT2D eigenvalue weighted by Gasteiger charge is -2.63. The van der Waals surface area contributed by atoms with Crippen molar-refractivity contribution in [3.05, 3.63) is 12.0 Å². The minimum atomic E-state index is -0.746. The molecule has 1 aromatic rings. The highest BCUT2D eigenvalue weighted by atomic mass is 16.6. The van der Waals surface area contributed by atoms with Gasteiger partial charge in [-0.3, -0.25) is 4.79 Å². The molecule has 7 nitrogen and oxygen atoms in total. The summed E-state index contributed by atoms with van der Waals surface area (Å²) in [6, 6.07) is 0. The molecule has 0 aliphatic carbocycles. The predicted octanol–water partition coefficient (Wildman–Crippen LogP) is 1.12. The van der Waals surface area contributed by atoms with Crippen molar-refractivity contribution in [3.63, 3.8) is 0 Å². The van der Waals surface area contributed by atoms with Crippen molar-refractivity contribution < 1.29 is 14.6 Å². The summed E-state index contributed by atoms with van der Waals surface area (Å²) in [6.07, 6.45) is 4.08. The molecule has 7 heteroatoms. The fourth-order valence-electron chi connectivity index (χ4n) is 2.99. The number of rotatable bonds is 5. The first-order valence-corrected chi connectivity index (χ1v) is 6.46. The zero-order valence-corrected chi connectivity index (χ0v) is 11.1. The van der Waals surface area contributed by atoms with Gasteiger partial charge in [-0.05, 0) is 19.9 Å². The number of aromatic nitrogens is 2. The van der Waals surface area contributed by atoms with E-state index in [1.807, 2.05) is 19.0 Å². The number of carboxylic acid groups (broad SMARTS) is 1. The van der Waals surface area contributed by atoms with E-state index in [4.69, 9.17) is 9.84 Å². The average molecular weight is 266 g/mol. The monoisotopic (exact) mass is 266 g/mol. The van der Waals surface area contributed by atoms with E-state index in [1.54, 1.807) is 6.33 Å². The van der Waals surface area contributed by atoms with Crippen LogP contribution < -0.4 is 4.90 Å². The minimum Gasteiger partial charge on any atom is -0.481 e. The second-order valence-corrected chi connectivity index (χ2v) is 5.12. The number of anilines is 1. The molecule has 1 aromatic heterocycles. The molecular weight excluding hydrogens is 248 g/mol. The molecule has 4 rings (SSSR count). The molecule has 0 amide bonds. The van der Waals surface area contributed by atoms with Gasteiger partial charge in [0.15, 0.2) is 12.0 Å². The molecule has 0 radical (unpaired) electrons. The molecule has 0 saturated carbocycles. The molecule has 19 heavy (non-hydrogen) atoms. The van der Waals surface area contributed by atoms with Crippen LogP contribution >= 0.6 is 0 Å². The second-order valence-electron chi connectivity index (χ2n) is 5.12. The van der Waals surface area contributed by atoms with Gasteiger partial charge >= 0.3 is 5.97 Å². The lowest BCUT2D eigenvalue weighted by molar-refractivity contribution is -0.361. The summed E-state index contributed by atoms with van der Waals surface area (Å²) >= 11 is 0. The number of nitrogens with zero attached hydrogens (tertiary/aromatic N) is 3. The van der Waals surface area contributed by atoms with Crippen LogP contribution in [-0.2, 0) is 9.53 Å². The SMILES string of the molecule is CN1c2nc[nH]c2C2OC1(CCCCC(=O)O)N2C. The third-order valence-corrected chi connectivity index (χ3v) is 4.08. The third kappa shape index (κ3) is 1.65. The van der Waals surface area contributed by atoms with Gasteiger partial charge in [0.2, 0.25) is 5.85 Å². The summed E-state index contributed by atoms with van der Waals surface area (Å²) in [7, 11) is 3.98. The van der Waals surface area contributed by atoms with Gasteiger partial charge in [0.25, 0.3) is 0 Å². The predicted molar refractivity (Wildman–Crippen MR) is 67.4 cm³/mol. The van der Waals surface area contributed by atoms with Crippen molar-refractivity contribution in [1.82, 2.24) is 14.9 Å². The summed E-state index contributed by atoms with van der Waals surface area (Å²) in [6.45, 7) is 0. The van der Waals surface area contributed by atoms with Gasteiger partial charge in [0.1, 0.15) is 5.69 Å².